The van der Waals surface area contributed by atoms with Crippen molar-refractivity contribution >= 4 is 141 Å². The quantitative estimate of drug-likeness (QED) is 0.124. The third-order valence-electron chi connectivity index (χ3n) is 9.15. The average molecular weight is 1640 g/mol. The topological polar surface area (TPSA) is 0 Å². The van der Waals surface area contributed by atoms with Crippen molar-refractivity contribution in [1.82, 2.24) is 0 Å². The maximum Gasteiger partial charge on any atom is 0.144 e. The van der Waals surface area contributed by atoms with Gasteiger partial charge < -0.3 is 0 Å². The molecule has 8 aromatic carbocycles. The molecule has 300 valence electrons. The molecule has 0 aliphatic carbocycles. The van der Waals surface area contributed by atoms with Crippen molar-refractivity contribution < 1.29 is 44.8 Å². The molecule has 0 saturated heterocycles. The van der Waals surface area contributed by atoms with Crippen molar-refractivity contribution in [2.45, 2.75) is 0 Å². The molecule has 0 saturated carbocycles. The SMILES string of the molecule is [Au+].[Au+].[Se-][Te][Se-].[Se-][Te][Se-].c1ccc([P+](c2ccccc2)(c2ccccc2)c2ccccc2)cc1.c1ccc([P+](c2ccccc2)(c2ccccc2)c2ccccc2)cc1. The van der Waals surface area contributed by atoms with Gasteiger partial charge in [-0.15, -0.1) is 0 Å². The Bertz CT molecular complexity index is 1750. The van der Waals surface area contributed by atoms with Gasteiger partial charge in [0.2, 0.25) is 0 Å². The van der Waals surface area contributed by atoms with Gasteiger partial charge in [0.25, 0.3) is 0 Å². The Balaban J connectivity index is 0.000000265. The molecule has 0 unspecified atom stereocenters. The largest absolute Gasteiger partial charge is 0.144 e. The van der Waals surface area contributed by atoms with E-state index in [-0.39, 0.29) is 77.7 Å². The van der Waals surface area contributed by atoms with Gasteiger partial charge in [-0.05, 0) is 97.1 Å². The molecule has 58 heavy (non-hydrogen) atoms. The zero-order valence-electron chi connectivity index (χ0n) is 31.0. The van der Waals surface area contributed by atoms with Gasteiger partial charge in [-0.1, -0.05) is 146 Å². The van der Waals surface area contributed by atoms with E-state index in [0.717, 1.165) is 0 Å². The smallest absolute Gasteiger partial charge is 0.0620 e. The van der Waals surface area contributed by atoms with Crippen LogP contribution in [-0.2, 0) is 44.8 Å². The number of hydrogen-bond acceptors (Lipinski definition) is 0. The molecule has 0 aromatic heterocycles. The van der Waals surface area contributed by atoms with Crippen LogP contribution in [0.25, 0.3) is 0 Å². The molecule has 0 spiro atoms. The number of hydrogen-bond donors (Lipinski definition) is 0. The zero-order valence-corrected chi connectivity index (χ0v) is 48.7. The molecule has 10 heteroatoms. The Kier molecular flexibility index (Phi) is 26.2. The van der Waals surface area contributed by atoms with Gasteiger partial charge in [0.1, 0.15) is 57.0 Å². The predicted molar refractivity (Wildman–Crippen MR) is 257 cm³/mol. The summed E-state index contributed by atoms with van der Waals surface area (Å²) in [5, 5.41) is 11.1. The molecule has 0 N–H and O–H groups in total. The second kappa shape index (κ2) is 29.2. The Hall–Kier alpha value is -0.242. The van der Waals surface area contributed by atoms with Crippen molar-refractivity contribution in [1.29, 1.82) is 0 Å². The van der Waals surface area contributed by atoms with E-state index in [9.17, 15) is 0 Å². The minimum atomic E-state index is -1.91. The minimum Gasteiger partial charge on any atom is -0.0620 e. The molecule has 0 aliphatic rings. The van der Waals surface area contributed by atoms with Crippen molar-refractivity contribution in [3.63, 3.8) is 0 Å². The molecular weight excluding hydrogens is 1600 g/mol. The van der Waals surface area contributed by atoms with E-state index < -0.39 is 14.5 Å². The average Bonchev–Trinajstić information content (AvgIpc) is 3.28. The summed E-state index contributed by atoms with van der Waals surface area (Å²) in [7, 11) is -3.81. The van der Waals surface area contributed by atoms with Crippen LogP contribution in [0.3, 0.4) is 0 Å². The minimum absolute atomic E-state index is 0. The molecule has 0 heterocycles. The summed E-state index contributed by atoms with van der Waals surface area (Å²) in [4.78, 5) is 0. The number of benzene rings is 8. The molecule has 8 rings (SSSR count). The molecule has 0 nitrogen and oxygen atoms in total. The second-order valence-corrected chi connectivity index (χ2v) is 43.5. The van der Waals surface area contributed by atoms with E-state index in [1.54, 1.807) is 0 Å². The summed E-state index contributed by atoms with van der Waals surface area (Å²) in [5.74, 6) is 0. The predicted octanol–water partition coefficient (Wildman–Crippen LogP) is 6.32. The van der Waals surface area contributed by atoms with Crippen LogP contribution in [-0.4, -0.2) is 84.2 Å². The summed E-state index contributed by atoms with van der Waals surface area (Å²) in [6.45, 7) is 0. The van der Waals surface area contributed by atoms with Crippen molar-refractivity contribution in [3.8, 4) is 0 Å². The Morgan fingerprint density at radius 2 is 0.293 bits per heavy atom. The fourth-order valence-corrected chi connectivity index (χ4v) is 15.5. The Labute approximate surface area is 422 Å². The van der Waals surface area contributed by atoms with E-state index in [2.05, 4.69) is 294 Å². The molecule has 0 aliphatic heterocycles. The van der Waals surface area contributed by atoms with Gasteiger partial charge in [0.15, 0.2) is 0 Å². The molecule has 0 atom stereocenters. The normalized spacial score (nSPS) is 10.3. The van der Waals surface area contributed by atoms with Crippen molar-refractivity contribution in [2.75, 3.05) is 0 Å². The molecular formula is C48H40Au2P2Se4Te2. The monoisotopic (exact) mass is 1650 g/mol. The van der Waals surface area contributed by atoms with Crippen LogP contribution in [0, 0.1) is 0 Å². The van der Waals surface area contributed by atoms with Crippen LogP contribution in [0.15, 0.2) is 243 Å². The third-order valence-corrected chi connectivity index (χ3v) is 17.7. The fourth-order valence-electron chi connectivity index (χ4n) is 7.00. The van der Waals surface area contributed by atoms with Crippen LogP contribution >= 0.6 is 14.5 Å². The van der Waals surface area contributed by atoms with Gasteiger partial charge in [0, 0.05) is 0 Å². The van der Waals surface area contributed by atoms with Crippen molar-refractivity contribution in [2.24, 2.45) is 0 Å². The summed E-state index contributed by atoms with van der Waals surface area (Å²) in [5.41, 5.74) is 0. The van der Waals surface area contributed by atoms with E-state index in [4.69, 9.17) is 0 Å². The Morgan fingerprint density at radius 3 is 0.379 bits per heavy atom. The van der Waals surface area contributed by atoms with Crippen LogP contribution in [0.1, 0.15) is 0 Å². The first-order valence-corrected chi connectivity index (χ1v) is 43.9. The third kappa shape index (κ3) is 13.4. The summed E-state index contributed by atoms with van der Waals surface area (Å²) < 4.78 is 0. The molecule has 8 aromatic rings. The first kappa shape index (κ1) is 52.1. The van der Waals surface area contributed by atoms with Gasteiger partial charge in [-0.3, -0.25) is 0 Å². The zero-order chi connectivity index (χ0) is 39.3. The van der Waals surface area contributed by atoms with Gasteiger partial charge in [0.05, 0.1) is 0 Å². The molecule has 0 bridgehead atoms. The first-order valence-electron chi connectivity index (χ1n) is 17.7. The standard InChI is InChI=1S/2C24H20P.2Au.2H2Se2Te/c2*1-5-13-21(14-6-1)25(22-15-7-2-8-16-22,23-17-9-3-10-18-23)24-19-11-4-12-20-24;;;2*1-3-2/h2*1-20H;;;2*1-2H/q4*+1;;/p-4. The van der Waals surface area contributed by atoms with Gasteiger partial charge in [-0.25, -0.2) is 0 Å². The maximum absolute atomic E-state index is 2.88. The molecule has 0 fully saturated rings. The van der Waals surface area contributed by atoms with E-state index in [0.29, 0.717) is 0 Å². The van der Waals surface area contributed by atoms with E-state index >= 15 is 0 Å². The first-order chi connectivity index (χ1) is 27.7. The Morgan fingerprint density at radius 1 is 0.207 bits per heavy atom. The molecule has 0 radical (unpaired) electrons. The molecule has 0 amide bonds. The number of rotatable bonds is 8. The second-order valence-electron chi connectivity index (χ2n) is 12.2. The van der Waals surface area contributed by atoms with Gasteiger partial charge in [-0.2, -0.15) is 0 Å². The van der Waals surface area contributed by atoms with E-state index in [1.807, 2.05) is 0 Å². The maximum atomic E-state index is 2.88. The van der Waals surface area contributed by atoms with E-state index in [1.165, 1.54) is 42.4 Å². The van der Waals surface area contributed by atoms with Crippen LogP contribution in [0.4, 0.5) is 0 Å². The van der Waals surface area contributed by atoms with Gasteiger partial charge >= 0.3 is 129 Å². The van der Waals surface area contributed by atoms with Crippen LogP contribution in [0.5, 0.6) is 0 Å². The fraction of sp³-hybridized carbons (Fsp3) is 0. The van der Waals surface area contributed by atoms with Crippen LogP contribution in [0.2, 0.25) is 0 Å². The summed E-state index contributed by atoms with van der Waals surface area (Å²) in [6.07, 6.45) is 0. The van der Waals surface area contributed by atoms with Crippen molar-refractivity contribution in [3.05, 3.63) is 243 Å². The summed E-state index contributed by atoms with van der Waals surface area (Å²) >= 11 is 12.0. The summed E-state index contributed by atoms with van der Waals surface area (Å²) in [6, 6.07) is 87.7. The van der Waals surface area contributed by atoms with Crippen LogP contribution < -0.4 is 42.4 Å².